The number of esters is 1. The summed E-state index contributed by atoms with van der Waals surface area (Å²) in [5, 5.41) is 6.23. The van der Waals surface area contributed by atoms with Gasteiger partial charge >= 0.3 is 12.1 Å². The summed E-state index contributed by atoms with van der Waals surface area (Å²) in [7, 11) is 1.32. The largest absolute Gasteiger partial charge is 0.469 e. The Morgan fingerprint density at radius 3 is 2.41 bits per heavy atom. The van der Waals surface area contributed by atoms with Crippen LogP contribution >= 0.6 is 0 Å². The van der Waals surface area contributed by atoms with Crippen LogP contribution in [0.3, 0.4) is 0 Å². The third kappa shape index (κ3) is 7.16. The van der Waals surface area contributed by atoms with Gasteiger partial charge in [0.1, 0.15) is 11.3 Å². The Morgan fingerprint density at radius 2 is 1.64 bits per heavy atom. The van der Waals surface area contributed by atoms with E-state index in [1.54, 1.807) is 51.1 Å². The number of nitrogens with one attached hydrogen (secondary N) is 2. The number of carbonyl (C=O) groups excluding carboxylic acids is 3. The Bertz CT molecular complexity index is 1530. The van der Waals surface area contributed by atoms with Crippen molar-refractivity contribution in [2.24, 2.45) is 0 Å². The molecule has 4 rings (SSSR count). The molecule has 1 aromatic heterocycles. The van der Waals surface area contributed by atoms with E-state index in [1.165, 1.54) is 7.11 Å². The van der Waals surface area contributed by atoms with Crippen LogP contribution in [0.2, 0.25) is 0 Å². The zero-order valence-electron chi connectivity index (χ0n) is 22.3. The van der Waals surface area contributed by atoms with Gasteiger partial charge in [0.2, 0.25) is 0 Å². The Hall–Kier alpha value is -4.79. The summed E-state index contributed by atoms with van der Waals surface area (Å²) in [6, 6.07) is 21.7. The molecule has 39 heavy (non-hydrogen) atoms. The number of hydrogen-bond donors (Lipinski definition) is 2. The van der Waals surface area contributed by atoms with Crippen LogP contribution in [-0.4, -0.2) is 40.6 Å². The van der Waals surface area contributed by atoms with Gasteiger partial charge in [-0.3, -0.25) is 9.59 Å². The molecule has 0 saturated carbocycles. The molecule has 0 bridgehead atoms. The van der Waals surface area contributed by atoms with Crippen molar-refractivity contribution in [3.05, 3.63) is 89.6 Å². The minimum atomic E-state index is -0.596. The van der Waals surface area contributed by atoms with Gasteiger partial charge in [-0.2, -0.15) is 0 Å². The van der Waals surface area contributed by atoms with Crippen molar-refractivity contribution in [2.75, 3.05) is 12.4 Å². The molecule has 0 aliphatic heterocycles. The van der Waals surface area contributed by atoms with Crippen LogP contribution in [0.5, 0.6) is 0 Å². The summed E-state index contributed by atoms with van der Waals surface area (Å²) in [6.07, 6.45) is -0.492. The second-order valence-electron chi connectivity index (χ2n) is 9.83. The van der Waals surface area contributed by atoms with E-state index in [1.807, 2.05) is 42.5 Å². The number of nitrogens with zero attached hydrogens (tertiary/aromatic N) is 2. The molecular weight excluding hydrogens is 496 g/mol. The second-order valence-corrected chi connectivity index (χ2v) is 9.83. The predicted octanol–water partition coefficient (Wildman–Crippen LogP) is 5.29. The number of para-hydroxylation sites is 2. The van der Waals surface area contributed by atoms with Crippen molar-refractivity contribution in [3.8, 4) is 11.4 Å². The standard InChI is InChI=1S/C30H30N4O5/c1-30(2,3)39-29(37)31-18-19-10-9-12-21(16-19)27-32-24-15-8-6-13-22(24)26(34-27)28(36)33-23-14-7-5-11-20(23)17-25(35)38-4/h5-16H,17-18H2,1-4H3,(H,31,37)(H,33,36). The zero-order chi connectivity index (χ0) is 28.0. The predicted molar refractivity (Wildman–Crippen MR) is 148 cm³/mol. The number of aromatic nitrogens is 2. The van der Waals surface area contributed by atoms with Crippen LogP contribution < -0.4 is 10.6 Å². The summed E-state index contributed by atoms with van der Waals surface area (Å²) in [5.41, 5.74) is 2.83. The average molecular weight is 527 g/mol. The van der Waals surface area contributed by atoms with Crippen LogP contribution in [0.15, 0.2) is 72.8 Å². The van der Waals surface area contributed by atoms with Gasteiger partial charge in [0.05, 0.1) is 19.0 Å². The topological polar surface area (TPSA) is 120 Å². The smallest absolute Gasteiger partial charge is 0.407 e. The molecule has 2 amide bonds. The summed E-state index contributed by atoms with van der Waals surface area (Å²) >= 11 is 0. The number of benzene rings is 3. The van der Waals surface area contributed by atoms with Crippen molar-refractivity contribution < 1.29 is 23.9 Å². The number of fused-ring (bicyclic) bond motifs is 1. The van der Waals surface area contributed by atoms with E-state index in [0.29, 0.717) is 33.5 Å². The van der Waals surface area contributed by atoms with E-state index >= 15 is 0 Å². The van der Waals surface area contributed by atoms with Gasteiger partial charge < -0.3 is 20.1 Å². The van der Waals surface area contributed by atoms with Gasteiger partial charge in [-0.1, -0.05) is 54.6 Å². The minimum Gasteiger partial charge on any atom is -0.469 e. The summed E-state index contributed by atoms with van der Waals surface area (Å²) in [6.45, 7) is 5.65. The lowest BCUT2D eigenvalue weighted by Gasteiger charge is -2.19. The molecule has 200 valence electrons. The fraction of sp³-hybridized carbons (Fsp3) is 0.233. The minimum absolute atomic E-state index is 0.0207. The number of alkyl carbamates (subject to hydrolysis) is 1. The van der Waals surface area contributed by atoms with Crippen molar-refractivity contribution >= 4 is 34.6 Å². The lowest BCUT2D eigenvalue weighted by molar-refractivity contribution is -0.139. The number of anilines is 1. The highest BCUT2D eigenvalue weighted by Gasteiger charge is 2.19. The van der Waals surface area contributed by atoms with Crippen LogP contribution in [0.4, 0.5) is 10.5 Å². The van der Waals surface area contributed by atoms with Gasteiger partial charge in [0, 0.05) is 23.2 Å². The highest BCUT2D eigenvalue weighted by molar-refractivity contribution is 6.11. The van der Waals surface area contributed by atoms with E-state index < -0.39 is 23.6 Å². The van der Waals surface area contributed by atoms with Gasteiger partial charge in [0.15, 0.2) is 5.82 Å². The lowest BCUT2D eigenvalue weighted by atomic mass is 10.1. The van der Waals surface area contributed by atoms with E-state index in [0.717, 1.165) is 5.56 Å². The molecule has 9 nitrogen and oxygen atoms in total. The van der Waals surface area contributed by atoms with Crippen LogP contribution in [0.25, 0.3) is 22.3 Å². The molecule has 0 unspecified atom stereocenters. The normalized spacial score (nSPS) is 11.1. The van der Waals surface area contributed by atoms with Gasteiger partial charge in [-0.15, -0.1) is 0 Å². The molecule has 1 heterocycles. The first-order valence-corrected chi connectivity index (χ1v) is 12.4. The molecule has 0 aliphatic rings. The average Bonchev–Trinajstić information content (AvgIpc) is 2.91. The van der Waals surface area contributed by atoms with Crippen LogP contribution in [0.1, 0.15) is 42.4 Å². The zero-order valence-corrected chi connectivity index (χ0v) is 22.3. The molecule has 9 heteroatoms. The maximum Gasteiger partial charge on any atom is 0.407 e. The first-order chi connectivity index (χ1) is 18.6. The number of methoxy groups -OCH3 is 1. The third-order valence-corrected chi connectivity index (χ3v) is 5.67. The van der Waals surface area contributed by atoms with Crippen LogP contribution in [0, 0.1) is 0 Å². The Morgan fingerprint density at radius 1 is 0.897 bits per heavy atom. The van der Waals surface area contributed by atoms with Gasteiger partial charge in [0.25, 0.3) is 5.91 Å². The van der Waals surface area contributed by atoms with Crippen molar-refractivity contribution in [2.45, 2.75) is 39.3 Å². The van der Waals surface area contributed by atoms with Crippen LogP contribution in [-0.2, 0) is 27.2 Å². The molecule has 2 N–H and O–H groups in total. The Kier molecular flexibility index (Phi) is 8.19. The molecule has 0 atom stereocenters. The molecule has 0 aliphatic carbocycles. The fourth-order valence-corrected chi connectivity index (χ4v) is 3.89. The highest BCUT2D eigenvalue weighted by Crippen LogP contribution is 2.24. The molecule has 0 fully saturated rings. The number of ether oxygens (including phenoxy) is 2. The van der Waals surface area contributed by atoms with Gasteiger partial charge in [-0.25, -0.2) is 14.8 Å². The fourth-order valence-electron chi connectivity index (χ4n) is 3.89. The maximum absolute atomic E-state index is 13.5. The van der Waals surface area contributed by atoms with Gasteiger partial charge in [-0.05, 0) is 50.1 Å². The first kappa shape index (κ1) is 27.3. The van der Waals surface area contributed by atoms with E-state index in [9.17, 15) is 14.4 Å². The van der Waals surface area contributed by atoms with E-state index in [4.69, 9.17) is 9.47 Å². The molecule has 0 saturated heterocycles. The molecule has 0 radical (unpaired) electrons. The first-order valence-electron chi connectivity index (χ1n) is 12.4. The summed E-state index contributed by atoms with van der Waals surface area (Å²) in [4.78, 5) is 46.7. The maximum atomic E-state index is 13.5. The number of rotatable bonds is 7. The Labute approximate surface area is 226 Å². The van der Waals surface area contributed by atoms with E-state index in [-0.39, 0.29) is 18.7 Å². The SMILES string of the molecule is COC(=O)Cc1ccccc1NC(=O)c1nc(-c2cccc(CNC(=O)OC(C)(C)C)c2)nc2ccccc12. The van der Waals surface area contributed by atoms with Crippen molar-refractivity contribution in [1.82, 2.24) is 15.3 Å². The highest BCUT2D eigenvalue weighted by atomic mass is 16.6. The second kappa shape index (κ2) is 11.7. The van der Waals surface area contributed by atoms with Crippen molar-refractivity contribution in [1.29, 1.82) is 0 Å². The Balaban J connectivity index is 1.63. The molecule has 4 aromatic rings. The molecule has 0 spiro atoms. The summed E-state index contributed by atoms with van der Waals surface area (Å²) in [5.74, 6) is -0.483. The van der Waals surface area contributed by atoms with Crippen molar-refractivity contribution in [3.63, 3.8) is 0 Å². The molecular formula is C30H30N4O5. The number of amides is 2. The molecule has 3 aromatic carbocycles. The number of carbonyl (C=O) groups is 3. The lowest BCUT2D eigenvalue weighted by Crippen LogP contribution is -2.32. The van der Waals surface area contributed by atoms with E-state index in [2.05, 4.69) is 20.6 Å². The third-order valence-electron chi connectivity index (χ3n) is 5.67. The quantitative estimate of drug-likeness (QED) is 0.314. The number of hydrogen-bond acceptors (Lipinski definition) is 7. The monoisotopic (exact) mass is 526 g/mol. The summed E-state index contributed by atoms with van der Waals surface area (Å²) < 4.78 is 10.1.